The zero-order chi connectivity index (χ0) is 13.9. The molecule has 0 saturated carbocycles. The third-order valence-corrected chi connectivity index (χ3v) is 3.83. The van der Waals surface area contributed by atoms with Crippen LogP contribution in [0.3, 0.4) is 0 Å². The van der Waals surface area contributed by atoms with Gasteiger partial charge in [-0.3, -0.25) is 4.90 Å². The van der Waals surface area contributed by atoms with Crippen LogP contribution in [0.2, 0.25) is 5.02 Å². The molecule has 2 aromatic rings. The van der Waals surface area contributed by atoms with Gasteiger partial charge in [0, 0.05) is 18.7 Å². The predicted molar refractivity (Wildman–Crippen MR) is 75.3 cm³/mol. The maximum Gasteiger partial charge on any atom is 0.241 e. The fourth-order valence-electron chi connectivity index (χ4n) is 2.34. The number of aromatic nitrogens is 2. The summed E-state index contributed by atoms with van der Waals surface area (Å²) in [7, 11) is 0. The van der Waals surface area contributed by atoms with Gasteiger partial charge in [-0.25, -0.2) is 0 Å². The molecule has 0 amide bonds. The molecule has 0 aliphatic carbocycles. The Morgan fingerprint density at radius 2 is 2.05 bits per heavy atom. The first kappa shape index (κ1) is 13.5. The van der Waals surface area contributed by atoms with Crippen molar-refractivity contribution in [2.24, 2.45) is 0 Å². The van der Waals surface area contributed by atoms with Gasteiger partial charge in [-0.2, -0.15) is 4.98 Å². The molecule has 5 nitrogen and oxygen atoms in total. The molecule has 1 aliphatic rings. The Bertz CT molecular complexity index is 579. The van der Waals surface area contributed by atoms with Crippen molar-refractivity contribution in [1.82, 2.24) is 15.0 Å². The van der Waals surface area contributed by atoms with Crippen LogP contribution in [-0.4, -0.2) is 39.3 Å². The summed E-state index contributed by atoms with van der Waals surface area (Å²) in [6, 6.07) is 7.43. The topological polar surface area (TPSA) is 62.4 Å². The van der Waals surface area contributed by atoms with Gasteiger partial charge in [-0.1, -0.05) is 28.9 Å². The maximum absolute atomic E-state index is 9.48. The molecule has 0 radical (unpaired) electrons. The molecule has 3 rings (SSSR count). The molecule has 1 aromatic carbocycles. The third-order valence-electron chi connectivity index (χ3n) is 3.50. The van der Waals surface area contributed by atoms with E-state index >= 15 is 0 Å². The molecular weight excluding hydrogens is 278 g/mol. The van der Waals surface area contributed by atoms with E-state index in [4.69, 9.17) is 16.1 Å². The number of hydrogen-bond donors (Lipinski definition) is 1. The summed E-state index contributed by atoms with van der Waals surface area (Å²) in [5.41, 5.74) is 0.776. The Hall–Kier alpha value is -1.43. The summed E-state index contributed by atoms with van der Waals surface area (Å²) < 4.78 is 5.28. The van der Waals surface area contributed by atoms with Crippen molar-refractivity contribution < 1.29 is 9.63 Å². The van der Waals surface area contributed by atoms with Crippen LogP contribution in [0.5, 0.6) is 0 Å². The zero-order valence-electron chi connectivity index (χ0n) is 11.0. The van der Waals surface area contributed by atoms with E-state index in [0.29, 0.717) is 23.3 Å². The molecular formula is C14H16ClN3O2. The minimum atomic E-state index is -0.173. The Kier molecular flexibility index (Phi) is 4.00. The highest BCUT2D eigenvalue weighted by Gasteiger charge is 2.19. The minimum absolute atomic E-state index is 0.173. The number of nitrogens with zero attached hydrogens (tertiary/aromatic N) is 3. The number of halogens is 1. The van der Waals surface area contributed by atoms with Gasteiger partial charge < -0.3 is 9.63 Å². The van der Waals surface area contributed by atoms with Gasteiger partial charge in [0.2, 0.25) is 11.7 Å². The number of aliphatic hydroxyl groups excluding tert-OH is 1. The summed E-state index contributed by atoms with van der Waals surface area (Å²) in [5.74, 6) is 1.10. The number of rotatable bonds is 3. The first-order valence-corrected chi connectivity index (χ1v) is 7.08. The molecule has 1 aliphatic heterocycles. The van der Waals surface area contributed by atoms with Crippen LogP contribution in [0.15, 0.2) is 28.8 Å². The molecule has 0 atom stereocenters. The Morgan fingerprint density at radius 3 is 2.80 bits per heavy atom. The maximum atomic E-state index is 9.48. The van der Waals surface area contributed by atoms with E-state index in [0.717, 1.165) is 31.5 Å². The SMILES string of the molecule is OC1CCN(Cc2nc(-c3ccccc3Cl)no2)CC1. The van der Waals surface area contributed by atoms with Crippen molar-refractivity contribution >= 4 is 11.6 Å². The average Bonchev–Trinajstić information content (AvgIpc) is 2.90. The fraction of sp³-hybridized carbons (Fsp3) is 0.429. The van der Waals surface area contributed by atoms with Crippen molar-refractivity contribution in [3.63, 3.8) is 0 Å². The molecule has 1 saturated heterocycles. The monoisotopic (exact) mass is 293 g/mol. The average molecular weight is 294 g/mol. The molecule has 106 valence electrons. The normalized spacial score (nSPS) is 17.5. The smallest absolute Gasteiger partial charge is 0.241 e. The van der Waals surface area contributed by atoms with E-state index in [1.807, 2.05) is 18.2 Å². The van der Waals surface area contributed by atoms with E-state index < -0.39 is 0 Å². The van der Waals surface area contributed by atoms with E-state index in [-0.39, 0.29) is 6.10 Å². The van der Waals surface area contributed by atoms with Crippen LogP contribution in [0, 0.1) is 0 Å². The Labute approximate surface area is 122 Å². The second-order valence-electron chi connectivity index (χ2n) is 5.00. The van der Waals surface area contributed by atoms with Gasteiger partial charge >= 0.3 is 0 Å². The van der Waals surface area contributed by atoms with Crippen LogP contribution in [0.4, 0.5) is 0 Å². The molecule has 1 fully saturated rings. The lowest BCUT2D eigenvalue weighted by Crippen LogP contribution is -2.35. The molecule has 1 aromatic heterocycles. The lowest BCUT2D eigenvalue weighted by atomic mass is 10.1. The lowest BCUT2D eigenvalue weighted by Gasteiger charge is -2.27. The second kappa shape index (κ2) is 5.91. The summed E-state index contributed by atoms with van der Waals surface area (Å²) in [6.45, 7) is 2.32. The summed E-state index contributed by atoms with van der Waals surface area (Å²) >= 11 is 6.12. The van der Waals surface area contributed by atoms with Gasteiger partial charge in [0.15, 0.2) is 0 Å². The van der Waals surface area contributed by atoms with Crippen molar-refractivity contribution in [2.45, 2.75) is 25.5 Å². The standard InChI is InChI=1S/C14H16ClN3O2/c15-12-4-2-1-3-11(12)14-16-13(20-17-14)9-18-7-5-10(19)6-8-18/h1-4,10,19H,5-9H2. The molecule has 20 heavy (non-hydrogen) atoms. The van der Waals surface area contributed by atoms with Crippen LogP contribution >= 0.6 is 11.6 Å². The highest BCUT2D eigenvalue weighted by Crippen LogP contribution is 2.25. The number of piperidine rings is 1. The number of aliphatic hydroxyl groups is 1. The van der Waals surface area contributed by atoms with Gasteiger partial charge in [0.05, 0.1) is 17.7 Å². The van der Waals surface area contributed by atoms with Crippen molar-refractivity contribution in [3.05, 3.63) is 35.2 Å². The molecule has 0 unspecified atom stereocenters. The van der Waals surface area contributed by atoms with Gasteiger partial charge in [0.25, 0.3) is 0 Å². The molecule has 1 N–H and O–H groups in total. The van der Waals surface area contributed by atoms with Crippen LogP contribution in [0.1, 0.15) is 18.7 Å². The third kappa shape index (κ3) is 3.00. The highest BCUT2D eigenvalue weighted by atomic mass is 35.5. The van der Waals surface area contributed by atoms with Crippen molar-refractivity contribution in [2.75, 3.05) is 13.1 Å². The van der Waals surface area contributed by atoms with E-state index in [1.54, 1.807) is 6.07 Å². The van der Waals surface area contributed by atoms with Gasteiger partial charge in [-0.05, 0) is 25.0 Å². The molecule has 2 heterocycles. The zero-order valence-corrected chi connectivity index (χ0v) is 11.8. The Balaban J connectivity index is 1.70. The van der Waals surface area contributed by atoms with Gasteiger partial charge in [0.1, 0.15) is 0 Å². The minimum Gasteiger partial charge on any atom is -0.393 e. The summed E-state index contributed by atoms with van der Waals surface area (Å²) in [4.78, 5) is 6.59. The summed E-state index contributed by atoms with van der Waals surface area (Å²) in [6.07, 6.45) is 1.42. The van der Waals surface area contributed by atoms with Crippen molar-refractivity contribution in [3.8, 4) is 11.4 Å². The Morgan fingerprint density at radius 1 is 1.30 bits per heavy atom. The number of likely N-dealkylation sites (tertiary alicyclic amines) is 1. The largest absolute Gasteiger partial charge is 0.393 e. The van der Waals surface area contributed by atoms with Crippen molar-refractivity contribution in [1.29, 1.82) is 0 Å². The fourth-order valence-corrected chi connectivity index (χ4v) is 2.56. The molecule has 0 spiro atoms. The van der Waals surface area contributed by atoms with Crippen LogP contribution < -0.4 is 0 Å². The van der Waals surface area contributed by atoms with Crippen LogP contribution in [-0.2, 0) is 6.54 Å². The second-order valence-corrected chi connectivity index (χ2v) is 5.41. The van der Waals surface area contributed by atoms with E-state index in [9.17, 15) is 5.11 Å². The first-order valence-electron chi connectivity index (χ1n) is 6.70. The van der Waals surface area contributed by atoms with E-state index in [1.165, 1.54) is 0 Å². The molecule has 6 heteroatoms. The van der Waals surface area contributed by atoms with E-state index in [2.05, 4.69) is 15.0 Å². The lowest BCUT2D eigenvalue weighted by molar-refractivity contribution is 0.0740. The first-order chi connectivity index (χ1) is 9.72. The number of benzene rings is 1. The number of hydrogen-bond acceptors (Lipinski definition) is 5. The molecule has 0 bridgehead atoms. The highest BCUT2D eigenvalue weighted by molar-refractivity contribution is 6.33. The predicted octanol–water partition coefficient (Wildman–Crippen LogP) is 2.35. The van der Waals surface area contributed by atoms with Gasteiger partial charge in [-0.15, -0.1) is 0 Å². The summed E-state index contributed by atoms with van der Waals surface area (Å²) in [5, 5.41) is 14.1. The van der Waals surface area contributed by atoms with Crippen LogP contribution in [0.25, 0.3) is 11.4 Å². The quantitative estimate of drug-likeness (QED) is 0.941.